The molecule has 1 N–H and O–H groups in total. The van der Waals surface area contributed by atoms with Crippen molar-refractivity contribution in [2.75, 3.05) is 13.2 Å². The van der Waals surface area contributed by atoms with E-state index in [2.05, 4.69) is 22.5 Å². The van der Waals surface area contributed by atoms with Crippen LogP contribution in [0.15, 0.2) is 24.3 Å². The fourth-order valence-corrected chi connectivity index (χ4v) is 2.45. The van der Waals surface area contributed by atoms with Crippen LogP contribution in [-0.2, 0) is 17.7 Å². The van der Waals surface area contributed by atoms with Gasteiger partial charge in [-0.05, 0) is 32.4 Å². The van der Waals surface area contributed by atoms with Crippen LogP contribution in [0.5, 0.6) is 0 Å². The molecule has 0 aliphatic rings. The molecule has 2 rings (SSSR count). The first-order chi connectivity index (χ1) is 9.57. The minimum absolute atomic E-state index is 0.332. The lowest BCUT2D eigenvalue weighted by molar-refractivity contribution is -0.0312. The monoisotopic (exact) mass is 276 g/mol. The predicted octanol–water partition coefficient (Wildman–Crippen LogP) is 2.78. The molecule has 4 nitrogen and oxygen atoms in total. The number of hydrogen-bond donors (Lipinski definition) is 1. The Morgan fingerprint density at radius 3 is 2.75 bits per heavy atom. The van der Waals surface area contributed by atoms with Gasteiger partial charge in [0.05, 0.1) is 23.2 Å². The molecule has 1 aromatic heterocycles. The molecule has 1 heterocycles. The quantitative estimate of drug-likeness (QED) is 0.846. The summed E-state index contributed by atoms with van der Waals surface area (Å²) in [7, 11) is 0. The maximum atomic E-state index is 10.4. The summed E-state index contributed by atoms with van der Waals surface area (Å²) in [6, 6.07) is 8.12. The molecular formula is C16H24N2O2. The second kappa shape index (κ2) is 6.37. The van der Waals surface area contributed by atoms with Crippen molar-refractivity contribution in [2.45, 2.75) is 45.8 Å². The Bertz CT molecular complexity index is 561. The largest absolute Gasteiger partial charge is 0.387 e. The third-order valence-corrected chi connectivity index (χ3v) is 3.34. The Morgan fingerprint density at radius 1 is 1.30 bits per heavy atom. The summed E-state index contributed by atoms with van der Waals surface area (Å²) in [6.07, 6.45) is 1.54. The molecule has 110 valence electrons. The average molecular weight is 276 g/mol. The molecule has 0 spiro atoms. The van der Waals surface area contributed by atoms with Gasteiger partial charge in [-0.3, -0.25) is 0 Å². The number of aryl methyl sites for hydroxylation is 1. The molecule has 0 aliphatic heterocycles. The van der Waals surface area contributed by atoms with E-state index in [1.807, 2.05) is 25.1 Å². The minimum Gasteiger partial charge on any atom is -0.387 e. The summed E-state index contributed by atoms with van der Waals surface area (Å²) < 4.78 is 7.56. The number of fused-ring (bicyclic) bond motifs is 1. The summed E-state index contributed by atoms with van der Waals surface area (Å²) in [5.41, 5.74) is 1.24. The molecule has 1 unspecified atom stereocenters. The van der Waals surface area contributed by atoms with Crippen molar-refractivity contribution >= 4 is 11.0 Å². The van der Waals surface area contributed by atoms with Gasteiger partial charge in [0.25, 0.3) is 0 Å². The van der Waals surface area contributed by atoms with E-state index in [0.29, 0.717) is 19.6 Å². The molecule has 0 amide bonds. The average Bonchev–Trinajstić information content (AvgIpc) is 2.74. The molecule has 1 aromatic carbocycles. The Kier molecular flexibility index (Phi) is 4.78. The Hall–Kier alpha value is -1.39. The van der Waals surface area contributed by atoms with Gasteiger partial charge in [0.2, 0.25) is 0 Å². The van der Waals surface area contributed by atoms with Crippen molar-refractivity contribution in [1.82, 2.24) is 9.55 Å². The highest BCUT2D eigenvalue weighted by Gasteiger charge is 2.24. The molecule has 0 radical (unpaired) electrons. The van der Waals surface area contributed by atoms with Crippen LogP contribution in [0.4, 0.5) is 0 Å². The van der Waals surface area contributed by atoms with Crippen LogP contribution in [0.25, 0.3) is 11.0 Å². The van der Waals surface area contributed by atoms with Gasteiger partial charge >= 0.3 is 0 Å². The Labute approximate surface area is 120 Å². The van der Waals surface area contributed by atoms with E-state index in [9.17, 15) is 5.11 Å². The number of ether oxygens (including phenoxy) is 1. The molecular weight excluding hydrogens is 252 g/mol. The lowest BCUT2D eigenvalue weighted by atomic mass is 10.0. The standard InChI is InChI=1S/C16H24N2O2/c1-4-10-18-14-9-7-6-8-13(14)17-15(18)11-16(3,19)12-20-5-2/h6-9,19H,4-5,10-12H2,1-3H3. The topological polar surface area (TPSA) is 47.3 Å². The van der Waals surface area contributed by atoms with Gasteiger partial charge in [-0.2, -0.15) is 0 Å². The third-order valence-electron chi connectivity index (χ3n) is 3.34. The van der Waals surface area contributed by atoms with E-state index in [1.54, 1.807) is 6.92 Å². The first-order valence-corrected chi connectivity index (χ1v) is 7.31. The number of imidazole rings is 1. The van der Waals surface area contributed by atoms with Crippen LogP contribution in [0.3, 0.4) is 0 Å². The van der Waals surface area contributed by atoms with Crippen LogP contribution in [0.2, 0.25) is 0 Å². The fourth-order valence-electron chi connectivity index (χ4n) is 2.45. The van der Waals surface area contributed by atoms with Crippen molar-refractivity contribution in [1.29, 1.82) is 0 Å². The predicted molar refractivity (Wildman–Crippen MR) is 80.8 cm³/mol. The number of benzene rings is 1. The van der Waals surface area contributed by atoms with Gasteiger partial charge in [-0.15, -0.1) is 0 Å². The number of aromatic nitrogens is 2. The van der Waals surface area contributed by atoms with Crippen LogP contribution in [-0.4, -0.2) is 33.5 Å². The maximum absolute atomic E-state index is 10.4. The van der Waals surface area contributed by atoms with Gasteiger partial charge in [0.15, 0.2) is 0 Å². The van der Waals surface area contributed by atoms with Crippen molar-refractivity contribution in [3.8, 4) is 0 Å². The minimum atomic E-state index is -0.886. The van der Waals surface area contributed by atoms with Crippen LogP contribution in [0.1, 0.15) is 33.0 Å². The number of rotatable bonds is 7. The first-order valence-electron chi connectivity index (χ1n) is 7.31. The lowest BCUT2D eigenvalue weighted by Gasteiger charge is -2.23. The summed E-state index contributed by atoms with van der Waals surface area (Å²) in [6.45, 7) is 7.75. The first kappa shape index (κ1) is 15.0. The smallest absolute Gasteiger partial charge is 0.112 e. The number of nitrogens with zero attached hydrogens (tertiary/aromatic N) is 2. The van der Waals surface area contributed by atoms with E-state index in [-0.39, 0.29) is 0 Å². The van der Waals surface area contributed by atoms with Gasteiger partial charge in [-0.25, -0.2) is 4.98 Å². The maximum Gasteiger partial charge on any atom is 0.112 e. The summed E-state index contributed by atoms with van der Waals surface area (Å²) >= 11 is 0. The molecule has 0 aliphatic carbocycles. The van der Waals surface area contributed by atoms with Crippen LogP contribution in [0, 0.1) is 0 Å². The van der Waals surface area contributed by atoms with E-state index in [0.717, 1.165) is 29.8 Å². The highest BCUT2D eigenvalue weighted by molar-refractivity contribution is 5.75. The number of aliphatic hydroxyl groups is 1. The van der Waals surface area contributed by atoms with E-state index in [4.69, 9.17) is 4.74 Å². The zero-order valence-electron chi connectivity index (χ0n) is 12.6. The highest BCUT2D eigenvalue weighted by atomic mass is 16.5. The van der Waals surface area contributed by atoms with Gasteiger partial charge in [0, 0.05) is 19.6 Å². The molecule has 1 atom stereocenters. The number of para-hydroxylation sites is 2. The summed E-state index contributed by atoms with van der Waals surface area (Å²) in [4.78, 5) is 4.67. The van der Waals surface area contributed by atoms with Gasteiger partial charge < -0.3 is 14.4 Å². The van der Waals surface area contributed by atoms with Crippen molar-refractivity contribution < 1.29 is 9.84 Å². The molecule has 0 saturated heterocycles. The molecule has 20 heavy (non-hydrogen) atoms. The normalized spacial score (nSPS) is 14.6. The molecule has 2 aromatic rings. The molecule has 4 heteroatoms. The molecule has 0 saturated carbocycles. The van der Waals surface area contributed by atoms with Crippen LogP contribution >= 0.6 is 0 Å². The van der Waals surface area contributed by atoms with Crippen LogP contribution < -0.4 is 0 Å². The summed E-state index contributed by atoms with van der Waals surface area (Å²) in [5, 5.41) is 10.4. The summed E-state index contributed by atoms with van der Waals surface area (Å²) in [5.74, 6) is 0.928. The highest BCUT2D eigenvalue weighted by Crippen LogP contribution is 2.20. The Balaban J connectivity index is 2.30. The third kappa shape index (κ3) is 3.38. The SMILES string of the molecule is CCCn1c(CC(C)(O)COCC)nc2ccccc21. The second-order valence-electron chi connectivity index (χ2n) is 5.48. The zero-order chi connectivity index (χ0) is 14.6. The second-order valence-corrected chi connectivity index (χ2v) is 5.48. The Morgan fingerprint density at radius 2 is 2.05 bits per heavy atom. The van der Waals surface area contributed by atoms with Crippen molar-refractivity contribution in [3.63, 3.8) is 0 Å². The van der Waals surface area contributed by atoms with Crippen molar-refractivity contribution in [3.05, 3.63) is 30.1 Å². The lowest BCUT2D eigenvalue weighted by Crippen LogP contribution is -2.34. The number of hydrogen-bond acceptors (Lipinski definition) is 3. The molecule has 0 bridgehead atoms. The van der Waals surface area contributed by atoms with Crippen molar-refractivity contribution in [2.24, 2.45) is 0 Å². The zero-order valence-corrected chi connectivity index (χ0v) is 12.6. The molecule has 0 fully saturated rings. The van der Waals surface area contributed by atoms with E-state index < -0.39 is 5.60 Å². The fraction of sp³-hybridized carbons (Fsp3) is 0.562. The van der Waals surface area contributed by atoms with E-state index >= 15 is 0 Å². The van der Waals surface area contributed by atoms with E-state index in [1.165, 1.54) is 0 Å². The van der Waals surface area contributed by atoms with Gasteiger partial charge in [0.1, 0.15) is 5.82 Å². The van der Waals surface area contributed by atoms with Gasteiger partial charge in [-0.1, -0.05) is 19.1 Å².